The van der Waals surface area contributed by atoms with Gasteiger partial charge in [0.1, 0.15) is 0 Å². The molecule has 1 N–H and O–H groups in total. The van der Waals surface area contributed by atoms with Crippen LogP contribution in [0.1, 0.15) is 21.7 Å². The number of amides is 1. The van der Waals surface area contributed by atoms with E-state index in [0.717, 1.165) is 22.0 Å². The molecule has 0 aliphatic rings. The Balaban J connectivity index is 1.63. The lowest BCUT2D eigenvalue weighted by atomic mass is 10.1. The number of nitrogens with one attached hydrogen (secondary N) is 1. The van der Waals surface area contributed by atoms with Gasteiger partial charge in [0.05, 0.1) is 21.8 Å². The predicted octanol–water partition coefficient (Wildman–Crippen LogP) is 3.49. The second kappa shape index (κ2) is 7.15. The van der Waals surface area contributed by atoms with Gasteiger partial charge in [0.15, 0.2) is 0 Å². The average Bonchev–Trinajstić information content (AvgIpc) is 3.10. The highest BCUT2D eigenvalue weighted by Gasteiger charge is 2.11. The molecule has 3 aromatic rings. The fraction of sp³-hybridized carbons (Fsp3) is 0.167. The Morgan fingerprint density at radius 2 is 2.09 bits per heavy atom. The second-order valence-corrected chi connectivity index (χ2v) is 6.08. The third-order valence-electron chi connectivity index (χ3n) is 3.50. The van der Waals surface area contributed by atoms with Crippen LogP contribution in [-0.4, -0.2) is 22.4 Å². The first-order valence-electron chi connectivity index (χ1n) is 7.43. The molecule has 3 heterocycles. The quantitative estimate of drug-likeness (QED) is 0.782. The smallest absolute Gasteiger partial charge is 0.253 e. The molecule has 0 aliphatic carbocycles. The van der Waals surface area contributed by atoms with Crippen molar-refractivity contribution in [3.8, 4) is 10.6 Å². The Labute approximate surface area is 139 Å². The summed E-state index contributed by atoms with van der Waals surface area (Å²) in [4.78, 5) is 22.2. The standard InChI is InChI=1S/C18H17N3OS/c1-13-15(7-8-16(21-13)17-6-4-12-23-17)18(22)20-11-9-14-5-2-3-10-19-14/h2-8,10,12H,9,11H2,1H3,(H,20,22). The Bertz CT molecular complexity index is 785. The summed E-state index contributed by atoms with van der Waals surface area (Å²) in [6.45, 7) is 2.42. The number of aromatic nitrogens is 2. The monoisotopic (exact) mass is 323 g/mol. The molecule has 0 fully saturated rings. The van der Waals surface area contributed by atoms with Crippen LogP contribution in [0.4, 0.5) is 0 Å². The van der Waals surface area contributed by atoms with E-state index in [2.05, 4.69) is 15.3 Å². The van der Waals surface area contributed by atoms with Crippen LogP contribution in [0.5, 0.6) is 0 Å². The molecule has 0 radical (unpaired) electrons. The van der Waals surface area contributed by atoms with Crippen molar-refractivity contribution >= 4 is 17.2 Å². The van der Waals surface area contributed by atoms with Gasteiger partial charge in [0.2, 0.25) is 0 Å². The van der Waals surface area contributed by atoms with E-state index in [1.54, 1.807) is 17.5 Å². The lowest BCUT2D eigenvalue weighted by molar-refractivity contribution is 0.0953. The maximum atomic E-state index is 12.3. The summed E-state index contributed by atoms with van der Waals surface area (Å²) in [5.41, 5.74) is 3.23. The van der Waals surface area contributed by atoms with Crippen molar-refractivity contribution in [2.24, 2.45) is 0 Å². The summed E-state index contributed by atoms with van der Waals surface area (Å²) in [7, 11) is 0. The van der Waals surface area contributed by atoms with E-state index < -0.39 is 0 Å². The molecule has 23 heavy (non-hydrogen) atoms. The first kappa shape index (κ1) is 15.4. The second-order valence-electron chi connectivity index (χ2n) is 5.13. The minimum absolute atomic E-state index is 0.0938. The van der Waals surface area contributed by atoms with Crippen LogP contribution < -0.4 is 5.32 Å². The van der Waals surface area contributed by atoms with Gasteiger partial charge in [-0.2, -0.15) is 0 Å². The number of hydrogen-bond donors (Lipinski definition) is 1. The highest BCUT2D eigenvalue weighted by molar-refractivity contribution is 7.13. The number of carbonyl (C=O) groups is 1. The van der Waals surface area contributed by atoms with Gasteiger partial charge in [-0.15, -0.1) is 11.3 Å². The van der Waals surface area contributed by atoms with Gasteiger partial charge in [-0.05, 0) is 42.6 Å². The molecule has 1 amide bonds. The van der Waals surface area contributed by atoms with E-state index in [1.165, 1.54) is 0 Å². The number of hydrogen-bond acceptors (Lipinski definition) is 4. The van der Waals surface area contributed by atoms with Crippen LogP contribution in [0.2, 0.25) is 0 Å². The number of nitrogens with zero attached hydrogens (tertiary/aromatic N) is 2. The van der Waals surface area contributed by atoms with Crippen molar-refractivity contribution in [2.75, 3.05) is 6.54 Å². The molecule has 5 heteroatoms. The van der Waals surface area contributed by atoms with Crippen molar-refractivity contribution in [3.05, 3.63) is 71.0 Å². The Kier molecular flexibility index (Phi) is 4.78. The molecule has 0 saturated heterocycles. The summed E-state index contributed by atoms with van der Waals surface area (Å²) >= 11 is 1.64. The summed E-state index contributed by atoms with van der Waals surface area (Å²) in [5.74, 6) is -0.0938. The molecule has 0 aromatic carbocycles. The molecule has 3 aromatic heterocycles. The topological polar surface area (TPSA) is 54.9 Å². The highest BCUT2D eigenvalue weighted by atomic mass is 32.1. The first-order chi connectivity index (χ1) is 11.2. The maximum Gasteiger partial charge on any atom is 0.253 e. The molecule has 0 bridgehead atoms. The minimum Gasteiger partial charge on any atom is -0.352 e. The molecule has 0 aliphatic heterocycles. The van der Waals surface area contributed by atoms with Gasteiger partial charge in [0, 0.05) is 24.9 Å². The van der Waals surface area contributed by atoms with Gasteiger partial charge in [-0.3, -0.25) is 14.8 Å². The van der Waals surface area contributed by atoms with Crippen LogP contribution in [0.3, 0.4) is 0 Å². The van der Waals surface area contributed by atoms with Crippen LogP contribution >= 0.6 is 11.3 Å². The van der Waals surface area contributed by atoms with Crippen molar-refractivity contribution < 1.29 is 4.79 Å². The maximum absolute atomic E-state index is 12.3. The van der Waals surface area contributed by atoms with Crippen LogP contribution in [0.25, 0.3) is 10.6 Å². The van der Waals surface area contributed by atoms with Crippen LogP contribution in [0, 0.1) is 6.92 Å². The van der Waals surface area contributed by atoms with Crippen molar-refractivity contribution in [3.63, 3.8) is 0 Å². The van der Waals surface area contributed by atoms with Crippen LogP contribution in [-0.2, 0) is 6.42 Å². The lowest BCUT2D eigenvalue weighted by Crippen LogP contribution is -2.26. The Hall–Kier alpha value is -2.53. The van der Waals surface area contributed by atoms with Crippen molar-refractivity contribution in [2.45, 2.75) is 13.3 Å². The largest absolute Gasteiger partial charge is 0.352 e. The van der Waals surface area contributed by atoms with E-state index in [-0.39, 0.29) is 5.91 Å². The van der Waals surface area contributed by atoms with Gasteiger partial charge in [-0.1, -0.05) is 12.1 Å². The number of pyridine rings is 2. The van der Waals surface area contributed by atoms with Gasteiger partial charge < -0.3 is 5.32 Å². The Morgan fingerprint density at radius 1 is 1.17 bits per heavy atom. The molecule has 3 rings (SSSR count). The molecule has 0 atom stereocenters. The first-order valence-corrected chi connectivity index (χ1v) is 8.31. The molecule has 0 spiro atoms. The lowest BCUT2D eigenvalue weighted by Gasteiger charge is -2.08. The normalized spacial score (nSPS) is 10.5. The fourth-order valence-electron chi connectivity index (χ4n) is 2.31. The van der Waals surface area contributed by atoms with Gasteiger partial charge >= 0.3 is 0 Å². The number of thiophene rings is 1. The van der Waals surface area contributed by atoms with Gasteiger partial charge in [-0.25, -0.2) is 0 Å². The molecule has 4 nitrogen and oxygen atoms in total. The minimum atomic E-state index is -0.0938. The summed E-state index contributed by atoms with van der Waals surface area (Å²) in [6, 6.07) is 13.5. The predicted molar refractivity (Wildman–Crippen MR) is 92.6 cm³/mol. The van der Waals surface area contributed by atoms with Crippen molar-refractivity contribution in [1.29, 1.82) is 0 Å². The van der Waals surface area contributed by atoms with Crippen LogP contribution in [0.15, 0.2) is 54.0 Å². The van der Waals surface area contributed by atoms with E-state index in [1.807, 2.05) is 54.8 Å². The summed E-state index contributed by atoms with van der Waals surface area (Å²) < 4.78 is 0. The van der Waals surface area contributed by atoms with Gasteiger partial charge in [0.25, 0.3) is 5.91 Å². The van der Waals surface area contributed by atoms with E-state index in [0.29, 0.717) is 18.5 Å². The zero-order valence-corrected chi connectivity index (χ0v) is 13.6. The zero-order chi connectivity index (χ0) is 16.1. The van der Waals surface area contributed by atoms with E-state index >= 15 is 0 Å². The highest BCUT2D eigenvalue weighted by Crippen LogP contribution is 2.23. The van der Waals surface area contributed by atoms with E-state index in [4.69, 9.17) is 0 Å². The molecular formula is C18H17N3OS. The molecule has 116 valence electrons. The third kappa shape index (κ3) is 3.81. The van der Waals surface area contributed by atoms with Crippen molar-refractivity contribution in [1.82, 2.24) is 15.3 Å². The molecule has 0 unspecified atom stereocenters. The SMILES string of the molecule is Cc1nc(-c2cccs2)ccc1C(=O)NCCc1ccccn1. The zero-order valence-electron chi connectivity index (χ0n) is 12.8. The molecular weight excluding hydrogens is 306 g/mol. The fourth-order valence-corrected chi connectivity index (χ4v) is 3.00. The van der Waals surface area contributed by atoms with E-state index in [9.17, 15) is 4.79 Å². The number of carbonyl (C=O) groups excluding carboxylic acids is 1. The number of aryl methyl sites for hydroxylation is 1. The summed E-state index contributed by atoms with van der Waals surface area (Å²) in [5, 5.41) is 4.94. The average molecular weight is 323 g/mol. The Morgan fingerprint density at radius 3 is 2.78 bits per heavy atom. The molecule has 0 saturated carbocycles. The number of rotatable bonds is 5. The third-order valence-corrected chi connectivity index (χ3v) is 4.39. The summed E-state index contributed by atoms with van der Waals surface area (Å²) in [6.07, 6.45) is 2.47.